The average molecular weight is 195 g/mol. The number of nitrogens with zero attached hydrogens (tertiary/aromatic N) is 2. The van der Waals surface area contributed by atoms with Crippen LogP contribution < -0.4 is 5.32 Å². The van der Waals surface area contributed by atoms with Gasteiger partial charge >= 0.3 is 0 Å². The Hall–Kier alpha value is -0.900. The van der Waals surface area contributed by atoms with Crippen molar-refractivity contribution in [2.75, 3.05) is 0 Å². The topological polar surface area (TPSA) is 51.0 Å². The summed E-state index contributed by atoms with van der Waals surface area (Å²) in [5.74, 6) is 2.29. The van der Waals surface area contributed by atoms with E-state index in [0.717, 1.165) is 18.3 Å². The maximum atomic E-state index is 4.89. The Morgan fingerprint density at radius 3 is 3.07 bits per heavy atom. The standard InChI is InChI=1S/C10H17N3O/c1-3-4-8-5-9(8)11-6-10-12-7(2)14-13-10/h8-9,11H,3-6H2,1-2H3. The second-order valence-electron chi connectivity index (χ2n) is 4.00. The summed E-state index contributed by atoms with van der Waals surface area (Å²) in [5, 5.41) is 7.27. The van der Waals surface area contributed by atoms with Crippen molar-refractivity contribution < 1.29 is 4.52 Å². The summed E-state index contributed by atoms with van der Waals surface area (Å²) in [6.07, 6.45) is 3.93. The van der Waals surface area contributed by atoms with Crippen molar-refractivity contribution in [3.8, 4) is 0 Å². The lowest BCUT2D eigenvalue weighted by Crippen LogP contribution is -2.18. The predicted octanol–water partition coefficient (Wildman–Crippen LogP) is 1.66. The molecule has 2 rings (SSSR count). The Labute approximate surface area is 84.1 Å². The van der Waals surface area contributed by atoms with Crippen LogP contribution >= 0.6 is 0 Å². The SMILES string of the molecule is CCCC1CC1NCc1noc(C)n1. The summed E-state index contributed by atoms with van der Waals surface area (Å²) in [4.78, 5) is 4.14. The Morgan fingerprint density at radius 2 is 2.43 bits per heavy atom. The van der Waals surface area contributed by atoms with Crippen LogP contribution in [0.4, 0.5) is 0 Å². The molecule has 1 saturated carbocycles. The zero-order valence-corrected chi connectivity index (χ0v) is 8.79. The highest BCUT2D eigenvalue weighted by Gasteiger charge is 2.35. The first-order chi connectivity index (χ1) is 6.79. The third-order valence-corrected chi connectivity index (χ3v) is 2.67. The van der Waals surface area contributed by atoms with Gasteiger partial charge in [0.05, 0.1) is 6.54 Å². The van der Waals surface area contributed by atoms with Crippen LogP contribution in [0.25, 0.3) is 0 Å². The quantitative estimate of drug-likeness (QED) is 0.776. The molecular formula is C10H17N3O. The molecule has 78 valence electrons. The molecule has 0 aromatic carbocycles. The number of rotatable bonds is 5. The van der Waals surface area contributed by atoms with Crippen LogP contribution in [-0.2, 0) is 6.54 Å². The molecule has 2 atom stereocenters. The number of aromatic nitrogens is 2. The van der Waals surface area contributed by atoms with E-state index < -0.39 is 0 Å². The normalized spacial score (nSPS) is 25.3. The molecule has 0 spiro atoms. The number of aryl methyl sites for hydroxylation is 1. The smallest absolute Gasteiger partial charge is 0.223 e. The zero-order chi connectivity index (χ0) is 9.97. The molecule has 0 radical (unpaired) electrons. The largest absolute Gasteiger partial charge is 0.340 e. The maximum absolute atomic E-state index is 4.89. The van der Waals surface area contributed by atoms with Gasteiger partial charge in [0, 0.05) is 13.0 Å². The van der Waals surface area contributed by atoms with E-state index in [9.17, 15) is 0 Å². The van der Waals surface area contributed by atoms with E-state index in [2.05, 4.69) is 22.4 Å². The maximum Gasteiger partial charge on any atom is 0.223 e. The summed E-state index contributed by atoms with van der Waals surface area (Å²) in [5.41, 5.74) is 0. The average Bonchev–Trinajstić information content (AvgIpc) is 2.77. The fourth-order valence-electron chi connectivity index (χ4n) is 1.82. The Kier molecular flexibility index (Phi) is 2.82. The highest BCUT2D eigenvalue weighted by molar-refractivity contribution is 4.94. The van der Waals surface area contributed by atoms with Gasteiger partial charge in [0.2, 0.25) is 5.89 Å². The molecule has 1 fully saturated rings. The predicted molar refractivity (Wildman–Crippen MR) is 52.7 cm³/mol. The molecule has 1 N–H and O–H groups in total. The highest BCUT2D eigenvalue weighted by Crippen LogP contribution is 2.34. The lowest BCUT2D eigenvalue weighted by Gasteiger charge is -1.98. The summed E-state index contributed by atoms with van der Waals surface area (Å²) in [7, 11) is 0. The van der Waals surface area contributed by atoms with Gasteiger partial charge in [0.1, 0.15) is 0 Å². The summed E-state index contributed by atoms with van der Waals surface area (Å²) in [6.45, 7) is 4.79. The fraction of sp³-hybridized carbons (Fsp3) is 0.800. The van der Waals surface area contributed by atoms with Crippen LogP contribution in [0.1, 0.15) is 37.9 Å². The third kappa shape index (κ3) is 2.32. The Bertz CT molecular complexity index is 297. The van der Waals surface area contributed by atoms with Crippen LogP contribution in [0, 0.1) is 12.8 Å². The van der Waals surface area contributed by atoms with Crippen LogP contribution in [0.3, 0.4) is 0 Å². The van der Waals surface area contributed by atoms with E-state index in [4.69, 9.17) is 4.52 Å². The monoisotopic (exact) mass is 195 g/mol. The highest BCUT2D eigenvalue weighted by atomic mass is 16.5. The van der Waals surface area contributed by atoms with Crippen molar-refractivity contribution in [3.63, 3.8) is 0 Å². The minimum Gasteiger partial charge on any atom is -0.340 e. The molecule has 0 saturated heterocycles. The number of hydrogen-bond donors (Lipinski definition) is 1. The van der Waals surface area contributed by atoms with Gasteiger partial charge in [-0.3, -0.25) is 0 Å². The second kappa shape index (κ2) is 4.09. The summed E-state index contributed by atoms with van der Waals surface area (Å²) in [6, 6.07) is 0.689. The fourth-order valence-corrected chi connectivity index (χ4v) is 1.82. The van der Waals surface area contributed by atoms with Gasteiger partial charge < -0.3 is 9.84 Å². The van der Waals surface area contributed by atoms with Crippen molar-refractivity contribution >= 4 is 0 Å². The van der Waals surface area contributed by atoms with Gasteiger partial charge in [-0.1, -0.05) is 18.5 Å². The lowest BCUT2D eigenvalue weighted by molar-refractivity contribution is 0.385. The minimum atomic E-state index is 0.641. The molecule has 4 nitrogen and oxygen atoms in total. The Morgan fingerprint density at radius 1 is 1.57 bits per heavy atom. The van der Waals surface area contributed by atoms with E-state index in [1.165, 1.54) is 19.3 Å². The number of nitrogens with one attached hydrogen (secondary N) is 1. The van der Waals surface area contributed by atoms with E-state index in [-0.39, 0.29) is 0 Å². The molecular weight excluding hydrogens is 178 g/mol. The van der Waals surface area contributed by atoms with Crippen molar-refractivity contribution in [2.45, 2.75) is 45.7 Å². The van der Waals surface area contributed by atoms with Crippen molar-refractivity contribution in [2.24, 2.45) is 5.92 Å². The van der Waals surface area contributed by atoms with Crippen molar-refractivity contribution in [3.05, 3.63) is 11.7 Å². The lowest BCUT2D eigenvalue weighted by atomic mass is 10.2. The van der Waals surface area contributed by atoms with Gasteiger partial charge in [-0.05, 0) is 18.8 Å². The van der Waals surface area contributed by atoms with E-state index in [1.807, 2.05) is 6.92 Å². The van der Waals surface area contributed by atoms with E-state index in [1.54, 1.807) is 0 Å². The minimum absolute atomic E-state index is 0.641. The molecule has 1 aromatic heterocycles. The summed E-state index contributed by atoms with van der Waals surface area (Å²) >= 11 is 0. The number of hydrogen-bond acceptors (Lipinski definition) is 4. The van der Waals surface area contributed by atoms with Crippen LogP contribution in [0.5, 0.6) is 0 Å². The van der Waals surface area contributed by atoms with Gasteiger partial charge in [0.25, 0.3) is 0 Å². The first-order valence-corrected chi connectivity index (χ1v) is 5.32. The van der Waals surface area contributed by atoms with Crippen LogP contribution in [-0.4, -0.2) is 16.2 Å². The van der Waals surface area contributed by atoms with Gasteiger partial charge in [-0.2, -0.15) is 4.98 Å². The molecule has 0 amide bonds. The molecule has 0 aliphatic heterocycles. The van der Waals surface area contributed by atoms with E-state index in [0.29, 0.717) is 11.9 Å². The van der Waals surface area contributed by atoms with Crippen molar-refractivity contribution in [1.29, 1.82) is 0 Å². The molecule has 1 heterocycles. The van der Waals surface area contributed by atoms with Gasteiger partial charge in [-0.15, -0.1) is 0 Å². The summed E-state index contributed by atoms with van der Waals surface area (Å²) < 4.78 is 4.89. The molecule has 1 aromatic rings. The second-order valence-corrected chi connectivity index (χ2v) is 4.00. The molecule has 4 heteroatoms. The first kappa shape index (κ1) is 9.65. The van der Waals surface area contributed by atoms with Gasteiger partial charge in [0.15, 0.2) is 5.82 Å². The van der Waals surface area contributed by atoms with Crippen LogP contribution in [0.15, 0.2) is 4.52 Å². The molecule has 2 unspecified atom stereocenters. The molecule has 0 bridgehead atoms. The van der Waals surface area contributed by atoms with E-state index >= 15 is 0 Å². The molecule has 14 heavy (non-hydrogen) atoms. The molecule has 1 aliphatic carbocycles. The van der Waals surface area contributed by atoms with Crippen LogP contribution in [0.2, 0.25) is 0 Å². The Balaban J connectivity index is 1.69. The van der Waals surface area contributed by atoms with Gasteiger partial charge in [-0.25, -0.2) is 0 Å². The first-order valence-electron chi connectivity index (χ1n) is 5.32. The zero-order valence-electron chi connectivity index (χ0n) is 8.79. The molecule has 1 aliphatic rings. The third-order valence-electron chi connectivity index (χ3n) is 2.67. The van der Waals surface area contributed by atoms with Crippen molar-refractivity contribution in [1.82, 2.24) is 15.5 Å².